The third-order valence-electron chi connectivity index (χ3n) is 5.68. The number of aliphatic carboxylic acids is 1. The summed E-state index contributed by atoms with van der Waals surface area (Å²) in [4.78, 5) is 27.9. The van der Waals surface area contributed by atoms with Gasteiger partial charge in [-0.2, -0.15) is 0 Å². The second-order valence-corrected chi connectivity index (χ2v) is 7.72. The lowest BCUT2D eigenvalue weighted by atomic mass is 9.98. The van der Waals surface area contributed by atoms with Crippen LogP contribution in [0, 0.1) is 5.92 Å². The molecule has 2 aliphatic heterocycles. The van der Waals surface area contributed by atoms with Crippen LogP contribution in [0.5, 0.6) is 0 Å². The van der Waals surface area contributed by atoms with Crippen LogP contribution in [-0.2, 0) is 16.1 Å². The Kier molecular flexibility index (Phi) is 7.28. The minimum Gasteiger partial charge on any atom is -0.481 e. The van der Waals surface area contributed by atoms with Gasteiger partial charge in [0, 0.05) is 32.7 Å². The fourth-order valence-corrected chi connectivity index (χ4v) is 4.03. The summed E-state index contributed by atoms with van der Waals surface area (Å²) >= 11 is 0. The number of likely N-dealkylation sites (tertiary alicyclic amines) is 1. The number of carboxylic acid groups (broad SMARTS) is 1. The maximum absolute atomic E-state index is 12.7. The van der Waals surface area contributed by atoms with Crippen molar-refractivity contribution in [2.24, 2.45) is 5.92 Å². The predicted molar refractivity (Wildman–Crippen MR) is 106 cm³/mol. The average molecular weight is 389 g/mol. The van der Waals surface area contributed by atoms with E-state index in [9.17, 15) is 14.7 Å². The molecule has 0 aromatic heterocycles. The monoisotopic (exact) mass is 389 g/mol. The Labute approximate surface area is 166 Å². The van der Waals surface area contributed by atoms with Crippen LogP contribution in [0.1, 0.15) is 31.7 Å². The van der Waals surface area contributed by atoms with E-state index < -0.39 is 11.9 Å². The van der Waals surface area contributed by atoms with Crippen molar-refractivity contribution < 1.29 is 19.4 Å². The quantitative estimate of drug-likeness (QED) is 0.779. The Morgan fingerprint density at radius 3 is 2.75 bits per heavy atom. The third kappa shape index (κ3) is 5.45. The molecule has 1 aromatic carbocycles. The first-order valence-corrected chi connectivity index (χ1v) is 10.2. The van der Waals surface area contributed by atoms with E-state index in [1.165, 1.54) is 5.56 Å². The van der Waals surface area contributed by atoms with Gasteiger partial charge in [0.1, 0.15) is 0 Å². The Bertz CT molecular complexity index is 654. The van der Waals surface area contributed by atoms with Crippen molar-refractivity contribution in [3.05, 3.63) is 35.9 Å². The lowest BCUT2D eigenvalue weighted by Gasteiger charge is -2.38. The minimum atomic E-state index is -0.822. The molecule has 2 aliphatic rings. The molecule has 2 heterocycles. The van der Waals surface area contributed by atoms with Crippen LogP contribution in [0.3, 0.4) is 0 Å². The Morgan fingerprint density at radius 2 is 2.04 bits per heavy atom. The zero-order valence-corrected chi connectivity index (χ0v) is 16.5. The van der Waals surface area contributed by atoms with Crippen LogP contribution in [0.25, 0.3) is 0 Å². The Morgan fingerprint density at radius 1 is 1.25 bits per heavy atom. The van der Waals surface area contributed by atoms with Crippen molar-refractivity contribution in [2.45, 2.75) is 44.9 Å². The van der Waals surface area contributed by atoms with Crippen molar-refractivity contribution in [3.63, 3.8) is 0 Å². The number of benzene rings is 1. The minimum absolute atomic E-state index is 0.0635. The molecule has 0 aliphatic carbocycles. The van der Waals surface area contributed by atoms with Gasteiger partial charge < -0.3 is 20.1 Å². The van der Waals surface area contributed by atoms with E-state index in [0.29, 0.717) is 19.6 Å². The number of hydrogen-bond donors (Lipinski definition) is 2. The summed E-state index contributed by atoms with van der Waals surface area (Å²) in [7, 11) is 0. The summed E-state index contributed by atoms with van der Waals surface area (Å²) in [5, 5.41) is 12.3. The molecular formula is C21H31N3O4. The molecule has 7 heteroatoms. The molecule has 0 saturated carbocycles. The van der Waals surface area contributed by atoms with Crippen molar-refractivity contribution in [2.75, 3.05) is 32.8 Å². The number of piperidine rings is 1. The van der Waals surface area contributed by atoms with Gasteiger partial charge in [-0.25, -0.2) is 4.79 Å². The maximum atomic E-state index is 12.7. The summed E-state index contributed by atoms with van der Waals surface area (Å²) in [5.74, 6) is -1.29. The third-order valence-corrected chi connectivity index (χ3v) is 5.68. The van der Waals surface area contributed by atoms with Gasteiger partial charge >= 0.3 is 12.0 Å². The highest BCUT2D eigenvalue weighted by molar-refractivity contribution is 5.76. The van der Waals surface area contributed by atoms with Crippen molar-refractivity contribution in [1.29, 1.82) is 0 Å². The SMILES string of the molecule is CCC(NC(=O)N1CCCC(C(=O)O)C1)C1CN(Cc2ccccc2)CCO1. The molecule has 3 atom stereocenters. The average Bonchev–Trinajstić information content (AvgIpc) is 2.73. The molecule has 2 N–H and O–H groups in total. The molecule has 2 amide bonds. The Balaban J connectivity index is 1.55. The number of carbonyl (C=O) groups is 2. The molecule has 3 unspecified atom stereocenters. The van der Waals surface area contributed by atoms with E-state index in [4.69, 9.17) is 4.74 Å². The second kappa shape index (κ2) is 9.89. The number of rotatable bonds is 6. The second-order valence-electron chi connectivity index (χ2n) is 7.72. The van der Waals surface area contributed by atoms with E-state index in [1.807, 2.05) is 25.1 Å². The number of morpholine rings is 1. The molecule has 28 heavy (non-hydrogen) atoms. The number of nitrogens with one attached hydrogen (secondary N) is 1. The van der Waals surface area contributed by atoms with E-state index >= 15 is 0 Å². The molecule has 1 aromatic rings. The van der Waals surface area contributed by atoms with Gasteiger partial charge in [-0.3, -0.25) is 9.69 Å². The molecule has 7 nitrogen and oxygen atoms in total. The molecule has 0 radical (unpaired) electrons. The highest BCUT2D eigenvalue weighted by Gasteiger charge is 2.32. The van der Waals surface area contributed by atoms with Gasteiger partial charge in [-0.05, 0) is 24.8 Å². The predicted octanol–water partition coefficient (Wildman–Crippen LogP) is 2.17. The molecule has 0 bridgehead atoms. The Hall–Kier alpha value is -2.12. The lowest BCUT2D eigenvalue weighted by molar-refractivity contribution is -0.143. The number of hydrogen-bond acceptors (Lipinski definition) is 4. The standard InChI is InChI=1S/C21H31N3O4/c1-2-18(22-21(27)24-10-6-9-17(14-24)20(25)26)19-15-23(11-12-28-19)13-16-7-4-3-5-8-16/h3-5,7-8,17-19H,2,6,9-15H2,1H3,(H,22,27)(H,25,26). The van der Waals surface area contributed by atoms with Crippen LogP contribution in [0.15, 0.2) is 30.3 Å². The van der Waals surface area contributed by atoms with Crippen LogP contribution < -0.4 is 5.32 Å². The van der Waals surface area contributed by atoms with Crippen molar-refractivity contribution in [3.8, 4) is 0 Å². The lowest BCUT2D eigenvalue weighted by Crippen LogP contribution is -2.56. The number of ether oxygens (including phenoxy) is 1. The zero-order valence-electron chi connectivity index (χ0n) is 16.5. The van der Waals surface area contributed by atoms with Crippen LogP contribution in [0.2, 0.25) is 0 Å². The largest absolute Gasteiger partial charge is 0.481 e. The summed E-state index contributed by atoms with van der Waals surface area (Å²) in [6.45, 7) is 6.10. The number of urea groups is 1. The zero-order chi connectivity index (χ0) is 19.9. The van der Waals surface area contributed by atoms with E-state index in [2.05, 4.69) is 22.3 Å². The first kappa shape index (κ1) is 20.6. The van der Waals surface area contributed by atoms with Gasteiger partial charge in [-0.15, -0.1) is 0 Å². The first-order valence-electron chi connectivity index (χ1n) is 10.2. The topological polar surface area (TPSA) is 82.1 Å². The highest BCUT2D eigenvalue weighted by Crippen LogP contribution is 2.18. The highest BCUT2D eigenvalue weighted by atomic mass is 16.5. The van der Waals surface area contributed by atoms with Crippen LogP contribution in [0.4, 0.5) is 4.79 Å². The molecule has 0 spiro atoms. The summed E-state index contributed by atoms with van der Waals surface area (Å²) < 4.78 is 5.98. The van der Waals surface area contributed by atoms with Crippen molar-refractivity contribution >= 4 is 12.0 Å². The number of amides is 2. The maximum Gasteiger partial charge on any atom is 0.317 e. The van der Waals surface area contributed by atoms with Gasteiger partial charge in [0.25, 0.3) is 0 Å². The van der Waals surface area contributed by atoms with E-state index in [0.717, 1.165) is 32.5 Å². The summed E-state index contributed by atoms with van der Waals surface area (Å²) in [5.41, 5.74) is 1.27. The van der Waals surface area contributed by atoms with E-state index in [-0.39, 0.29) is 24.7 Å². The van der Waals surface area contributed by atoms with Crippen LogP contribution >= 0.6 is 0 Å². The van der Waals surface area contributed by atoms with Gasteiger partial charge in [0.2, 0.25) is 0 Å². The van der Waals surface area contributed by atoms with E-state index in [1.54, 1.807) is 4.90 Å². The van der Waals surface area contributed by atoms with Crippen LogP contribution in [-0.4, -0.2) is 71.8 Å². The normalized spacial score (nSPS) is 24.5. The van der Waals surface area contributed by atoms with Gasteiger partial charge in [0.15, 0.2) is 0 Å². The molecule has 2 fully saturated rings. The molecular weight excluding hydrogens is 358 g/mol. The number of nitrogens with zero attached hydrogens (tertiary/aromatic N) is 2. The van der Waals surface area contributed by atoms with Gasteiger partial charge in [0.05, 0.1) is 24.7 Å². The number of carbonyl (C=O) groups excluding carboxylic acids is 1. The molecule has 3 rings (SSSR count). The fraction of sp³-hybridized carbons (Fsp3) is 0.619. The first-order chi connectivity index (χ1) is 13.6. The van der Waals surface area contributed by atoms with Crippen molar-refractivity contribution in [1.82, 2.24) is 15.1 Å². The number of carboxylic acids is 1. The summed E-state index contributed by atoms with van der Waals surface area (Å²) in [6, 6.07) is 10.1. The smallest absolute Gasteiger partial charge is 0.317 e. The molecule has 154 valence electrons. The van der Waals surface area contributed by atoms with Gasteiger partial charge in [-0.1, -0.05) is 37.3 Å². The molecule has 2 saturated heterocycles. The fourth-order valence-electron chi connectivity index (χ4n) is 4.03. The summed E-state index contributed by atoms with van der Waals surface area (Å²) in [6.07, 6.45) is 2.07.